The van der Waals surface area contributed by atoms with Gasteiger partial charge in [0, 0.05) is 31.9 Å². The van der Waals surface area contributed by atoms with Gasteiger partial charge in [-0.15, -0.1) is 0 Å². The van der Waals surface area contributed by atoms with Crippen molar-refractivity contribution in [3.8, 4) is 5.75 Å². The molecule has 0 atom stereocenters. The standard InChI is InChI=1S/C21H32N4O3/c1-3-24-13-15-25(16-14-24)19(26)21(11-5-4-6-12-21)23-20(27)22-17-7-9-18(28-2)10-8-17/h7-10H,3-6,11-16H2,1-2H3,(H2,22,23,27). The minimum Gasteiger partial charge on any atom is -0.497 e. The van der Waals surface area contributed by atoms with Crippen LogP contribution in [0.4, 0.5) is 10.5 Å². The van der Waals surface area contributed by atoms with Crippen molar-refractivity contribution in [1.82, 2.24) is 15.1 Å². The van der Waals surface area contributed by atoms with E-state index in [1.165, 1.54) is 0 Å². The zero-order valence-electron chi connectivity index (χ0n) is 17.0. The molecule has 28 heavy (non-hydrogen) atoms. The van der Waals surface area contributed by atoms with E-state index in [9.17, 15) is 9.59 Å². The van der Waals surface area contributed by atoms with E-state index in [1.807, 2.05) is 4.90 Å². The van der Waals surface area contributed by atoms with E-state index in [2.05, 4.69) is 22.5 Å². The van der Waals surface area contributed by atoms with E-state index in [0.29, 0.717) is 18.5 Å². The molecule has 0 unspecified atom stereocenters. The molecule has 1 aliphatic carbocycles. The van der Waals surface area contributed by atoms with Gasteiger partial charge in [0.25, 0.3) is 0 Å². The van der Waals surface area contributed by atoms with Crippen molar-refractivity contribution in [1.29, 1.82) is 0 Å². The van der Waals surface area contributed by atoms with E-state index in [-0.39, 0.29) is 11.9 Å². The Kier molecular flexibility index (Phi) is 6.78. The molecular weight excluding hydrogens is 356 g/mol. The summed E-state index contributed by atoms with van der Waals surface area (Å²) in [5, 5.41) is 5.90. The summed E-state index contributed by atoms with van der Waals surface area (Å²) >= 11 is 0. The lowest BCUT2D eigenvalue weighted by Gasteiger charge is -2.43. The number of anilines is 1. The van der Waals surface area contributed by atoms with Gasteiger partial charge < -0.3 is 25.2 Å². The zero-order valence-corrected chi connectivity index (χ0v) is 17.0. The third-order valence-electron chi connectivity index (χ3n) is 5.92. The molecule has 7 nitrogen and oxygen atoms in total. The summed E-state index contributed by atoms with van der Waals surface area (Å²) < 4.78 is 5.14. The van der Waals surface area contributed by atoms with Gasteiger partial charge in [-0.25, -0.2) is 4.79 Å². The van der Waals surface area contributed by atoms with Crippen molar-refractivity contribution in [2.24, 2.45) is 0 Å². The van der Waals surface area contributed by atoms with Gasteiger partial charge in [-0.05, 0) is 43.7 Å². The normalized spacial score (nSPS) is 19.7. The molecule has 2 aliphatic rings. The quantitative estimate of drug-likeness (QED) is 0.813. The summed E-state index contributed by atoms with van der Waals surface area (Å²) in [7, 11) is 1.61. The minimum absolute atomic E-state index is 0.0767. The Morgan fingerprint density at radius 3 is 2.25 bits per heavy atom. The molecule has 0 bridgehead atoms. The van der Waals surface area contributed by atoms with E-state index in [4.69, 9.17) is 4.74 Å². The number of carbonyl (C=O) groups is 2. The zero-order chi connectivity index (χ0) is 20.0. The first kappa shape index (κ1) is 20.5. The molecule has 3 amide bonds. The molecule has 154 valence electrons. The second-order valence-corrected chi connectivity index (χ2v) is 7.68. The molecule has 7 heteroatoms. The van der Waals surface area contributed by atoms with Crippen molar-refractivity contribution >= 4 is 17.6 Å². The fourth-order valence-electron chi connectivity index (χ4n) is 4.17. The summed E-state index contributed by atoms with van der Waals surface area (Å²) in [5.41, 5.74) is -0.114. The predicted molar refractivity (Wildman–Crippen MR) is 110 cm³/mol. The SMILES string of the molecule is CCN1CCN(C(=O)C2(NC(=O)Nc3ccc(OC)cc3)CCCCC2)CC1. The third kappa shape index (κ3) is 4.76. The van der Waals surface area contributed by atoms with Gasteiger partial charge in [0.15, 0.2) is 0 Å². The fraction of sp³-hybridized carbons (Fsp3) is 0.619. The van der Waals surface area contributed by atoms with Crippen molar-refractivity contribution in [3.05, 3.63) is 24.3 Å². The lowest BCUT2D eigenvalue weighted by Crippen LogP contribution is -2.63. The van der Waals surface area contributed by atoms with Gasteiger partial charge in [-0.3, -0.25) is 4.79 Å². The summed E-state index contributed by atoms with van der Waals surface area (Å²) in [4.78, 5) is 30.4. The summed E-state index contributed by atoms with van der Waals surface area (Å²) in [6.45, 7) is 6.42. The van der Waals surface area contributed by atoms with E-state index in [1.54, 1.807) is 31.4 Å². The number of hydrogen-bond donors (Lipinski definition) is 2. The average molecular weight is 389 g/mol. The number of urea groups is 1. The number of likely N-dealkylation sites (N-methyl/N-ethyl adjacent to an activating group) is 1. The van der Waals surface area contributed by atoms with Gasteiger partial charge in [0.1, 0.15) is 11.3 Å². The molecule has 1 aliphatic heterocycles. The number of nitrogens with one attached hydrogen (secondary N) is 2. The maximum atomic E-state index is 13.4. The third-order valence-corrected chi connectivity index (χ3v) is 5.92. The van der Waals surface area contributed by atoms with Gasteiger partial charge in [-0.2, -0.15) is 0 Å². The number of nitrogens with zero attached hydrogens (tertiary/aromatic N) is 2. The van der Waals surface area contributed by atoms with Crippen molar-refractivity contribution in [3.63, 3.8) is 0 Å². The number of piperazine rings is 1. The smallest absolute Gasteiger partial charge is 0.320 e. The molecule has 2 N–H and O–H groups in total. The number of amides is 3. The molecule has 3 rings (SSSR count). The van der Waals surface area contributed by atoms with Crippen molar-refractivity contribution in [2.75, 3.05) is 45.2 Å². The van der Waals surface area contributed by atoms with Crippen LogP contribution in [0.5, 0.6) is 5.75 Å². The molecule has 2 fully saturated rings. The van der Waals surface area contributed by atoms with Crippen LogP contribution in [-0.2, 0) is 4.79 Å². The Morgan fingerprint density at radius 2 is 1.68 bits per heavy atom. The second kappa shape index (κ2) is 9.28. The number of ether oxygens (including phenoxy) is 1. The van der Waals surface area contributed by atoms with Crippen LogP contribution in [0.3, 0.4) is 0 Å². The molecule has 0 aromatic heterocycles. The maximum Gasteiger partial charge on any atom is 0.320 e. The van der Waals surface area contributed by atoms with E-state index in [0.717, 1.165) is 57.7 Å². The molecule has 1 heterocycles. The molecule has 1 saturated carbocycles. The highest BCUT2D eigenvalue weighted by atomic mass is 16.5. The Labute approximate surface area is 167 Å². The Balaban J connectivity index is 1.66. The van der Waals surface area contributed by atoms with Crippen LogP contribution in [0.2, 0.25) is 0 Å². The maximum absolute atomic E-state index is 13.4. The topological polar surface area (TPSA) is 73.9 Å². The van der Waals surface area contributed by atoms with Crippen LogP contribution < -0.4 is 15.4 Å². The van der Waals surface area contributed by atoms with Crippen LogP contribution in [0, 0.1) is 0 Å². The Bertz CT molecular complexity index is 663. The number of benzene rings is 1. The van der Waals surface area contributed by atoms with E-state index >= 15 is 0 Å². The first-order valence-corrected chi connectivity index (χ1v) is 10.3. The first-order valence-electron chi connectivity index (χ1n) is 10.3. The number of rotatable bonds is 5. The highest BCUT2D eigenvalue weighted by molar-refractivity contribution is 5.96. The lowest BCUT2D eigenvalue weighted by atomic mass is 9.80. The predicted octanol–water partition coefficient (Wildman–Crippen LogP) is 2.68. The Morgan fingerprint density at radius 1 is 1.04 bits per heavy atom. The minimum atomic E-state index is -0.789. The van der Waals surface area contributed by atoms with Crippen LogP contribution in [-0.4, -0.2) is 67.1 Å². The van der Waals surface area contributed by atoms with Crippen molar-refractivity contribution in [2.45, 2.75) is 44.6 Å². The number of methoxy groups -OCH3 is 1. The van der Waals surface area contributed by atoms with Gasteiger partial charge >= 0.3 is 6.03 Å². The first-order chi connectivity index (χ1) is 13.6. The fourth-order valence-corrected chi connectivity index (χ4v) is 4.17. The van der Waals surface area contributed by atoms with Crippen LogP contribution >= 0.6 is 0 Å². The van der Waals surface area contributed by atoms with Gasteiger partial charge in [-0.1, -0.05) is 26.2 Å². The summed E-state index contributed by atoms with van der Waals surface area (Å²) in [6, 6.07) is 6.84. The molecule has 1 saturated heterocycles. The average Bonchev–Trinajstić information content (AvgIpc) is 2.74. The number of carbonyl (C=O) groups excluding carboxylic acids is 2. The summed E-state index contributed by atoms with van der Waals surface area (Å²) in [5.74, 6) is 0.809. The van der Waals surface area contributed by atoms with Crippen LogP contribution in [0.25, 0.3) is 0 Å². The lowest BCUT2D eigenvalue weighted by molar-refractivity contribution is -0.141. The van der Waals surface area contributed by atoms with Gasteiger partial charge in [0.05, 0.1) is 7.11 Å². The molecule has 1 aromatic carbocycles. The highest BCUT2D eigenvalue weighted by Gasteiger charge is 2.43. The van der Waals surface area contributed by atoms with E-state index < -0.39 is 5.54 Å². The number of hydrogen-bond acceptors (Lipinski definition) is 4. The molecule has 0 spiro atoms. The Hall–Kier alpha value is -2.28. The van der Waals surface area contributed by atoms with Gasteiger partial charge in [0.2, 0.25) is 5.91 Å². The summed E-state index contributed by atoms with van der Waals surface area (Å²) in [6.07, 6.45) is 4.44. The van der Waals surface area contributed by atoms with Crippen LogP contribution in [0.15, 0.2) is 24.3 Å². The van der Waals surface area contributed by atoms with Crippen LogP contribution in [0.1, 0.15) is 39.0 Å². The largest absolute Gasteiger partial charge is 0.497 e. The highest BCUT2D eigenvalue weighted by Crippen LogP contribution is 2.31. The molecule has 1 aromatic rings. The molecule has 0 radical (unpaired) electrons. The molecular formula is C21H32N4O3. The second-order valence-electron chi connectivity index (χ2n) is 7.68. The monoisotopic (exact) mass is 388 g/mol. The van der Waals surface area contributed by atoms with Crippen molar-refractivity contribution < 1.29 is 14.3 Å².